The van der Waals surface area contributed by atoms with Gasteiger partial charge in [-0.15, -0.1) is 17.0 Å². The molecule has 9 heteroatoms. The van der Waals surface area contributed by atoms with E-state index in [2.05, 4.69) is 4.72 Å². The van der Waals surface area contributed by atoms with Gasteiger partial charge in [0, 0.05) is 28.8 Å². The van der Waals surface area contributed by atoms with Crippen molar-refractivity contribution in [3.05, 3.63) is 58.1 Å². The van der Waals surface area contributed by atoms with Gasteiger partial charge in [-0.2, -0.15) is 0 Å². The molecule has 1 heterocycles. The first kappa shape index (κ1) is 28.0. The van der Waals surface area contributed by atoms with E-state index in [-0.39, 0.29) is 56.6 Å². The lowest BCUT2D eigenvalue weighted by Gasteiger charge is -2.28. The molecule has 2 aromatic rings. The number of Topliss-reactive ketones (excluding diaryl/α,β-unsaturated/α-hetero) is 1. The number of aromatic hydroxyl groups is 1. The SMILES string of the molecule is Br.CNS(=O)(=O)c1ccc2c(c1)C(=N)N(CC(=O)c1cc(C(C)(C)C)c(O)c(C(C)(C)C)c1)C2. The zero-order valence-electron chi connectivity index (χ0n) is 20.7. The lowest BCUT2D eigenvalue weighted by molar-refractivity contribution is 0.0962. The number of phenolic OH excluding ortho intramolecular Hbond substituents is 1. The quantitative estimate of drug-likeness (QED) is 0.474. The van der Waals surface area contributed by atoms with E-state index in [4.69, 9.17) is 5.41 Å². The van der Waals surface area contributed by atoms with Crippen LogP contribution in [0.5, 0.6) is 5.75 Å². The van der Waals surface area contributed by atoms with Crippen LogP contribution in [-0.4, -0.2) is 43.6 Å². The molecule has 34 heavy (non-hydrogen) atoms. The average Bonchev–Trinajstić information content (AvgIpc) is 3.01. The molecule has 0 saturated carbocycles. The first-order valence-corrected chi connectivity index (χ1v) is 12.4. The lowest BCUT2D eigenvalue weighted by atomic mass is 9.78. The van der Waals surface area contributed by atoms with Gasteiger partial charge in [0.05, 0.1) is 11.4 Å². The van der Waals surface area contributed by atoms with Gasteiger partial charge in [0.2, 0.25) is 10.0 Å². The van der Waals surface area contributed by atoms with E-state index in [1.54, 1.807) is 23.1 Å². The molecule has 0 aliphatic carbocycles. The standard InChI is InChI=1S/C25H33N3O4S.BrH/c1-24(2,3)19-10-16(11-20(22(19)30)25(4,5)6)21(29)14-28-13-15-8-9-17(33(31,32)27-7)12-18(15)23(28)26;/h8-12,26-27,30H,13-14H2,1-7H3;1H. The molecule has 0 bridgehead atoms. The Balaban J connectivity index is 0.00000408. The molecule has 2 aromatic carbocycles. The van der Waals surface area contributed by atoms with Crippen LogP contribution >= 0.6 is 17.0 Å². The fraction of sp³-hybridized carbons (Fsp3) is 0.440. The molecule has 0 saturated heterocycles. The summed E-state index contributed by atoms with van der Waals surface area (Å²) >= 11 is 0. The molecular formula is C25H34BrN3O4S. The highest BCUT2D eigenvalue weighted by atomic mass is 79.9. The van der Waals surface area contributed by atoms with Gasteiger partial charge >= 0.3 is 0 Å². The molecular weight excluding hydrogens is 518 g/mol. The third kappa shape index (κ3) is 5.37. The summed E-state index contributed by atoms with van der Waals surface area (Å²) < 4.78 is 26.6. The highest BCUT2D eigenvalue weighted by Gasteiger charge is 2.31. The van der Waals surface area contributed by atoms with Gasteiger partial charge in [-0.1, -0.05) is 47.6 Å². The first-order valence-electron chi connectivity index (χ1n) is 10.9. The molecule has 3 rings (SSSR count). The van der Waals surface area contributed by atoms with Crippen molar-refractivity contribution in [3.8, 4) is 5.75 Å². The number of nitrogens with one attached hydrogen (secondary N) is 2. The van der Waals surface area contributed by atoms with Crippen LogP contribution in [0.2, 0.25) is 0 Å². The molecule has 7 nitrogen and oxygen atoms in total. The van der Waals surface area contributed by atoms with Crippen LogP contribution < -0.4 is 4.72 Å². The minimum atomic E-state index is -3.62. The van der Waals surface area contributed by atoms with Crippen LogP contribution in [0.15, 0.2) is 35.2 Å². The Bertz CT molecular complexity index is 1210. The van der Waals surface area contributed by atoms with Crippen LogP contribution in [0.25, 0.3) is 0 Å². The van der Waals surface area contributed by atoms with Crippen molar-refractivity contribution in [1.82, 2.24) is 9.62 Å². The second kappa shape index (κ2) is 9.43. The molecule has 1 aliphatic heterocycles. The zero-order valence-corrected chi connectivity index (χ0v) is 23.3. The Kier molecular flexibility index (Phi) is 7.77. The smallest absolute Gasteiger partial charge is 0.240 e. The highest BCUT2D eigenvalue weighted by molar-refractivity contribution is 8.93. The fourth-order valence-corrected chi connectivity index (χ4v) is 4.75. The fourth-order valence-electron chi connectivity index (χ4n) is 3.99. The first-order chi connectivity index (χ1) is 15.1. The molecule has 0 amide bonds. The maximum atomic E-state index is 13.3. The number of hydrogen-bond donors (Lipinski definition) is 3. The van der Waals surface area contributed by atoms with E-state index in [1.807, 2.05) is 41.5 Å². The summed E-state index contributed by atoms with van der Waals surface area (Å²) in [6, 6.07) is 8.17. The van der Waals surface area contributed by atoms with Crippen molar-refractivity contribution < 1.29 is 18.3 Å². The molecule has 0 spiro atoms. The number of hydrogen-bond acceptors (Lipinski definition) is 5. The van der Waals surface area contributed by atoms with Crippen molar-refractivity contribution in [3.63, 3.8) is 0 Å². The molecule has 186 valence electrons. The van der Waals surface area contributed by atoms with Gasteiger partial charge in [0.15, 0.2) is 5.78 Å². The minimum absolute atomic E-state index is 0. The number of rotatable bonds is 5. The van der Waals surface area contributed by atoms with Crippen molar-refractivity contribution >= 4 is 38.6 Å². The summed E-state index contributed by atoms with van der Waals surface area (Å²) in [5, 5.41) is 19.5. The number of carbonyl (C=O) groups excluding carboxylic acids is 1. The minimum Gasteiger partial charge on any atom is -0.507 e. The van der Waals surface area contributed by atoms with Crippen LogP contribution in [0, 0.1) is 5.41 Å². The zero-order chi connectivity index (χ0) is 24.9. The van der Waals surface area contributed by atoms with Crippen LogP contribution in [0.3, 0.4) is 0 Å². The summed E-state index contributed by atoms with van der Waals surface area (Å²) in [5.41, 5.74) is 2.51. The van der Waals surface area contributed by atoms with Gasteiger partial charge in [-0.25, -0.2) is 13.1 Å². The van der Waals surface area contributed by atoms with Gasteiger partial charge in [-0.05, 0) is 47.7 Å². The Morgan fingerprint density at radius 3 is 2.06 bits per heavy atom. The molecule has 0 radical (unpaired) electrons. The molecule has 0 fully saturated rings. The highest BCUT2D eigenvalue weighted by Crippen LogP contribution is 2.40. The van der Waals surface area contributed by atoms with Crippen LogP contribution in [-0.2, 0) is 27.4 Å². The largest absolute Gasteiger partial charge is 0.507 e. The van der Waals surface area contributed by atoms with Crippen molar-refractivity contribution in [2.45, 2.75) is 63.8 Å². The Hall–Kier alpha value is -2.23. The second-order valence-corrected chi connectivity index (χ2v) is 12.5. The summed E-state index contributed by atoms with van der Waals surface area (Å²) in [7, 11) is -2.28. The van der Waals surface area contributed by atoms with Gasteiger partial charge in [0.1, 0.15) is 11.6 Å². The second-order valence-electron chi connectivity index (χ2n) is 10.6. The molecule has 0 unspecified atom stereocenters. The van der Waals surface area contributed by atoms with Crippen molar-refractivity contribution in [1.29, 1.82) is 5.41 Å². The number of carbonyl (C=O) groups is 1. The number of sulfonamides is 1. The number of ketones is 1. The van der Waals surface area contributed by atoms with Crippen molar-refractivity contribution in [2.75, 3.05) is 13.6 Å². The number of phenols is 1. The van der Waals surface area contributed by atoms with Gasteiger partial charge in [-0.3, -0.25) is 10.2 Å². The third-order valence-corrected chi connectivity index (χ3v) is 7.39. The Labute approximate surface area is 212 Å². The summed E-state index contributed by atoms with van der Waals surface area (Å²) in [4.78, 5) is 15.0. The Morgan fingerprint density at radius 1 is 1.06 bits per heavy atom. The predicted octanol–water partition coefficient (Wildman–Crippen LogP) is 4.50. The lowest BCUT2D eigenvalue weighted by Crippen LogP contribution is -2.30. The van der Waals surface area contributed by atoms with Crippen molar-refractivity contribution in [2.24, 2.45) is 0 Å². The van der Waals surface area contributed by atoms with E-state index in [9.17, 15) is 18.3 Å². The summed E-state index contributed by atoms with van der Waals surface area (Å²) in [5.74, 6) is 0.176. The summed E-state index contributed by atoms with van der Waals surface area (Å²) in [6.45, 7) is 12.3. The maximum Gasteiger partial charge on any atom is 0.240 e. The predicted molar refractivity (Wildman–Crippen MR) is 140 cm³/mol. The van der Waals surface area contributed by atoms with Crippen LogP contribution in [0.1, 0.15) is 74.2 Å². The average molecular weight is 553 g/mol. The maximum absolute atomic E-state index is 13.3. The topological polar surface area (TPSA) is 111 Å². The molecule has 3 N–H and O–H groups in total. The van der Waals surface area contributed by atoms with E-state index < -0.39 is 10.0 Å². The van der Waals surface area contributed by atoms with E-state index >= 15 is 0 Å². The molecule has 1 aliphatic rings. The number of halogens is 1. The van der Waals surface area contributed by atoms with E-state index in [0.717, 1.165) is 5.56 Å². The number of amidine groups is 1. The van der Waals surface area contributed by atoms with Gasteiger partial charge in [0.25, 0.3) is 0 Å². The van der Waals surface area contributed by atoms with E-state index in [0.29, 0.717) is 28.8 Å². The van der Waals surface area contributed by atoms with Gasteiger partial charge < -0.3 is 10.0 Å². The van der Waals surface area contributed by atoms with E-state index in [1.165, 1.54) is 19.2 Å². The molecule has 0 aromatic heterocycles. The normalized spacial score (nSPS) is 14.1. The number of nitrogens with zero attached hydrogens (tertiary/aromatic N) is 1. The third-order valence-electron chi connectivity index (χ3n) is 5.98. The Morgan fingerprint density at radius 2 is 1.59 bits per heavy atom. The molecule has 0 atom stereocenters. The van der Waals surface area contributed by atoms with Crippen LogP contribution in [0.4, 0.5) is 0 Å². The summed E-state index contributed by atoms with van der Waals surface area (Å²) in [6.07, 6.45) is 0. The monoisotopic (exact) mass is 551 g/mol. The number of benzene rings is 2. The number of fused-ring (bicyclic) bond motifs is 1.